The highest BCUT2D eigenvalue weighted by Gasteiger charge is 2.29. The first-order valence-corrected chi connectivity index (χ1v) is 12.4. The highest BCUT2D eigenvalue weighted by atomic mass is 16.2. The van der Waals surface area contributed by atoms with Crippen molar-refractivity contribution in [3.8, 4) is 11.3 Å². The van der Waals surface area contributed by atoms with Crippen molar-refractivity contribution in [2.75, 3.05) is 37.4 Å². The van der Waals surface area contributed by atoms with Gasteiger partial charge in [0.05, 0.1) is 11.2 Å². The van der Waals surface area contributed by atoms with Gasteiger partial charge in [0.25, 0.3) is 0 Å². The number of carbonyl (C=O) groups excluding carboxylic acids is 1. The van der Waals surface area contributed by atoms with Crippen molar-refractivity contribution in [2.45, 2.75) is 32.1 Å². The number of nitrogens with one attached hydrogen (secondary N) is 1. The highest BCUT2D eigenvalue weighted by Crippen LogP contribution is 2.33. The molecule has 1 fully saturated rings. The van der Waals surface area contributed by atoms with Crippen LogP contribution < -0.4 is 10.2 Å². The second-order valence-electron chi connectivity index (χ2n) is 9.44. The number of aryl methyl sites for hydroxylation is 1. The molecule has 1 aliphatic rings. The van der Waals surface area contributed by atoms with Crippen molar-refractivity contribution in [3.05, 3.63) is 84.3 Å². The molecular weight excluding hydrogens is 434 g/mol. The van der Waals surface area contributed by atoms with E-state index in [-0.39, 0.29) is 11.9 Å². The third kappa shape index (κ3) is 4.61. The van der Waals surface area contributed by atoms with E-state index in [0.29, 0.717) is 6.54 Å². The lowest BCUT2D eigenvalue weighted by molar-refractivity contribution is 0.191. The molecule has 1 N–H and O–H groups in total. The monoisotopic (exact) mass is 467 g/mol. The predicted octanol–water partition coefficient (Wildman–Crippen LogP) is 6.04. The van der Waals surface area contributed by atoms with Crippen LogP contribution in [0.1, 0.15) is 37.1 Å². The number of urea groups is 1. The molecule has 0 aliphatic carbocycles. The van der Waals surface area contributed by atoms with E-state index >= 15 is 0 Å². The molecule has 2 aromatic heterocycles. The maximum atomic E-state index is 13.1. The zero-order valence-electron chi connectivity index (χ0n) is 20.7. The van der Waals surface area contributed by atoms with Crippen molar-refractivity contribution < 1.29 is 4.79 Å². The van der Waals surface area contributed by atoms with E-state index < -0.39 is 0 Å². The molecule has 6 nitrogen and oxygen atoms in total. The lowest BCUT2D eigenvalue weighted by atomic mass is 9.97. The van der Waals surface area contributed by atoms with Gasteiger partial charge in [-0.05, 0) is 61.2 Å². The Morgan fingerprint density at radius 2 is 1.83 bits per heavy atom. The highest BCUT2D eigenvalue weighted by molar-refractivity contribution is 5.89. The Hall–Kier alpha value is -3.80. The Balaban J connectivity index is 1.40. The van der Waals surface area contributed by atoms with Crippen LogP contribution in [0, 0.1) is 0 Å². The molecule has 5 rings (SSSR count). The van der Waals surface area contributed by atoms with Crippen LogP contribution in [0.25, 0.3) is 16.8 Å². The number of anilines is 2. The number of fused-ring (bicyclic) bond motifs is 1. The average molecular weight is 468 g/mol. The first kappa shape index (κ1) is 23.0. The van der Waals surface area contributed by atoms with Gasteiger partial charge < -0.3 is 19.5 Å². The number of rotatable bonds is 5. The molecule has 0 spiro atoms. The standard InChI is InChI=1S/C29H33N5O/c1-4-21-10-5-6-12-25(21)27-26-13-7-8-19-34(26)28(31-27)22-11-9-18-33(20-22)29(35)30-23-14-16-24(17-15-23)32(2)3/h5-8,10,12-17,19,22H,4,9,11,18,20H2,1-3H3,(H,30,35)/t22-/m1/s1. The van der Waals surface area contributed by atoms with Crippen LogP contribution in [0.3, 0.4) is 0 Å². The summed E-state index contributed by atoms with van der Waals surface area (Å²) in [5.41, 5.74) is 6.55. The SMILES string of the molecule is CCc1ccccc1-c1nc([C@@H]2CCCN(C(=O)Nc3ccc(N(C)C)cc3)C2)n2ccccc12. The quantitative estimate of drug-likeness (QED) is 0.389. The number of amides is 2. The van der Waals surface area contributed by atoms with Crippen LogP contribution in [0.2, 0.25) is 0 Å². The van der Waals surface area contributed by atoms with Crippen LogP contribution in [-0.2, 0) is 6.42 Å². The molecule has 1 saturated heterocycles. The van der Waals surface area contributed by atoms with Crippen molar-refractivity contribution in [3.63, 3.8) is 0 Å². The molecule has 0 radical (unpaired) electrons. The molecule has 1 aliphatic heterocycles. The van der Waals surface area contributed by atoms with E-state index in [2.05, 4.69) is 65.3 Å². The number of imidazole rings is 1. The molecule has 35 heavy (non-hydrogen) atoms. The van der Waals surface area contributed by atoms with E-state index in [1.807, 2.05) is 48.2 Å². The molecular formula is C29H33N5O. The first-order chi connectivity index (χ1) is 17.0. The Morgan fingerprint density at radius 3 is 2.60 bits per heavy atom. The minimum atomic E-state index is -0.0512. The van der Waals surface area contributed by atoms with Crippen LogP contribution in [0.4, 0.5) is 16.2 Å². The summed E-state index contributed by atoms with van der Waals surface area (Å²) >= 11 is 0. The first-order valence-electron chi connectivity index (χ1n) is 12.4. The van der Waals surface area contributed by atoms with Crippen molar-refractivity contribution in [1.29, 1.82) is 0 Å². The Kier molecular flexibility index (Phi) is 6.45. The van der Waals surface area contributed by atoms with Crippen molar-refractivity contribution in [1.82, 2.24) is 14.3 Å². The largest absolute Gasteiger partial charge is 0.378 e. The number of pyridine rings is 1. The van der Waals surface area contributed by atoms with E-state index in [0.717, 1.165) is 54.2 Å². The Labute approximate surface area is 207 Å². The van der Waals surface area contributed by atoms with E-state index in [4.69, 9.17) is 4.98 Å². The van der Waals surface area contributed by atoms with E-state index in [1.165, 1.54) is 11.1 Å². The van der Waals surface area contributed by atoms with Gasteiger partial charge in [-0.25, -0.2) is 9.78 Å². The molecule has 0 saturated carbocycles. The molecule has 3 heterocycles. The number of piperidine rings is 1. The van der Waals surface area contributed by atoms with Gasteiger partial charge >= 0.3 is 6.03 Å². The van der Waals surface area contributed by atoms with Gasteiger partial charge in [0.15, 0.2) is 0 Å². The van der Waals surface area contributed by atoms with Gasteiger partial charge in [-0.2, -0.15) is 0 Å². The summed E-state index contributed by atoms with van der Waals surface area (Å²) < 4.78 is 2.22. The lowest BCUT2D eigenvalue weighted by Crippen LogP contribution is -2.42. The van der Waals surface area contributed by atoms with Gasteiger partial charge in [0.2, 0.25) is 0 Å². The number of hydrogen-bond acceptors (Lipinski definition) is 3. The van der Waals surface area contributed by atoms with Crippen molar-refractivity contribution >= 4 is 22.9 Å². The molecule has 0 bridgehead atoms. The summed E-state index contributed by atoms with van der Waals surface area (Å²) in [5, 5.41) is 3.07. The fourth-order valence-electron chi connectivity index (χ4n) is 5.03. The number of aromatic nitrogens is 2. The molecule has 0 unspecified atom stereocenters. The predicted molar refractivity (Wildman–Crippen MR) is 143 cm³/mol. The fourth-order valence-corrected chi connectivity index (χ4v) is 5.03. The Bertz CT molecular complexity index is 1320. The third-order valence-electron chi connectivity index (χ3n) is 6.94. The minimum Gasteiger partial charge on any atom is -0.378 e. The average Bonchev–Trinajstić information content (AvgIpc) is 3.28. The minimum absolute atomic E-state index is 0.0512. The van der Waals surface area contributed by atoms with E-state index in [1.54, 1.807) is 0 Å². The van der Waals surface area contributed by atoms with Gasteiger partial charge in [0, 0.05) is 56.2 Å². The third-order valence-corrected chi connectivity index (χ3v) is 6.94. The van der Waals surface area contributed by atoms with Crippen LogP contribution >= 0.6 is 0 Å². The van der Waals surface area contributed by atoms with Gasteiger partial charge in [-0.3, -0.25) is 0 Å². The van der Waals surface area contributed by atoms with Gasteiger partial charge in [0.1, 0.15) is 5.82 Å². The topological polar surface area (TPSA) is 52.9 Å². The molecule has 1 atom stereocenters. The summed E-state index contributed by atoms with van der Waals surface area (Å²) in [4.78, 5) is 22.3. The van der Waals surface area contributed by atoms with Crippen molar-refractivity contribution in [2.24, 2.45) is 0 Å². The van der Waals surface area contributed by atoms with E-state index in [9.17, 15) is 4.79 Å². The number of likely N-dealkylation sites (tertiary alicyclic amines) is 1. The molecule has 6 heteroatoms. The molecule has 2 amide bonds. The fraction of sp³-hybridized carbons (Fsp3) is 0.310. The summed E-state index contributed by atoms with van der Waals surface area (Å²) in [6, 6.07) is 22.7. The Morgan fingerprint density at radius 1 is 1.06 bits per heavy atom. The molecule has 4 aromatic rings. The number of benzene rings is 2. The van der Waals surface area contributed by atoms with Crippen LogP contribution in [0.15, 0.2) is 72.9 Å². The zero-order valence-corrected chi connectivity index (χ0v) is 20.7. The van der Waals surface area contributed by atoms with Gasteiger partial charge in [-0.15, -0.1) is 0 Å². The maximum Gasteiger partial charge on any atom is 0.321 e. The van der Waals surface area contributed by atoms with Gasteiger partial charge in [-0.1, -0.05) is 37.3 Å². The maximum absolute atomic E-state index is 13.1. The number of carbonyl (C=O) groups is 1. The second kappa shape index (κ2) is 9.82. The number of nitrogens with zero attached hydrogens (tertiary/aromatic N) is 4. The summed E-state index contributed by atoms with van der Waals surface area (Å²) in [5.74, 6) is 1.22. The normalized spacial score (nSPS) is 15.9. The molecule has 2 aromatic carbocycles. The molecule has 180 valence electrons. The van der Waals surface area contributed by atoms with Crippen LogP contribution in [-0.4, -0.2) is 47.5 Å². The summed E-state index contributed by atoms with van der Waals surface area (Å²) in [6.45, 7) is 3.60. The zero-order chi connectivity index (χ0) is 24.4. The number of hydrogen-bond donors (Lipinski definition) is 1. The smallest absolute Gasteiger partial charge is 0.321 e. The lowest BCUT2D eigenvalue weighted by Gasteiger charge is -2.32. The van der Waals surface area contributed by atoms with Crippen LogP contribution in [0.5, 0.6) is 0 Å². The summed E-state index contributed by atoms with van der Waals surface area (Å²) in [6.07, 6.45) is 5.04. The second-order valence-corrected chi connectivity index (χ2v) is 9.44. The summed E-state index contributed by atoms with van der Waals surface area (Å²) in [7, 11) is 4.01.